The number of anilines is 1. The highest BCUT2D eigenvalue weighted by atomic mass is 16.6. The fourth-order valence-corrected chi connectivity index (χ4v) is 4.10. The lowest BCUT2D eigenvalue weighted by Gasteiger charge is -2.25. The minimum absolute atomic E-state index is 0.0170. The molecule has 2 heterocycles. The van der Waals surface area contributed by atoms with Crippen LogP contribution in [0.3, 0.4) is 0 Å². The van der Waals surface area contributed by atoms with E-state index in [0.29, 0.717) is 18.9 Å². The van der Waals surface area contributed by atoms with Crippen LogP contribution in [0, 0.1) is 5.92 Å². The highest BCUT2D eigenvalue weighted by Crippen LogP contribution is 2.36. The average Bonchev–Trinajstić information content (AvgIpc) is 3.19. The van der Waals surface area contributed by atoms with Crippen LogP contribution in [0.1, 0.15) is 32.3 Å². The van der Waals surface area contributed by atoms with E-state index in [2.05, 4.69) is 10.3 Å². The van der Waals surface area contributed by atoms with Crippen molar-refractivity contribution in [3.8, 4) is 0 Å². The number of hydrogen-bond acceptors (Lipinski definition) is 5. The monoisotopic (exact) mass is 419 g/mol. The molecule has 0 spiro atoms. The Kier molecular flexibility index (Phi) is 5.83. The molecule has 0 saturated carbocycles. The van der Waals surface area contributed by atoms with Crippen molar-refractivity contribution in [1.29, 1.82) is 0 Å². The Morgan fingerprint density at radius 3 is 2.48 bits per heavy atom. The quantitative estimate of drug-likeness (QED) is 0.604. The molecule has 2 aromatic carbocycles. The topological polar surface area (TPSA) is 74.7 Å². The fourth-order valence-electron chi connectivity index (χ4n) is 4.10. The summed E-state index contributed by atoms with van der Waals surface area (Å²) >= 11 is 0. The first-order valence-corrected chi connectivity index (χ1v) is 10.6. The number of ether oxygens (including phenoxy) is 1. The number of nitrogens with one attached hydrogen (secondary N) is 1. The van der Waals surface area contributed by atoms with Crippen LogP contribution in [0.25, 0.3) is 10.8 Å². The third-order valence-corrected chi connectivity index (χ3v) is 5.58. The van der Waals surface area contributed by atoms with E-state index >= 15 is 0 Å². The molecule has 1 aromatic heterocycles. The van der Waals surface area contributed by atoms with E-state index < -0.39 is 11.8 Å². The third-order valence-electron chi connectivity index (χ3n) is 5.58. The first-order chi connectivity index (χ1) is 14.8. The highest BCUT2D eigenvalue weighted by Gasteiger charge is 2.41. The van der Waals surface area contributed by atoms with E-state index in [9.17, 15) is 9.90 Å². The number of likely N-dealkylation sites (tertiary alicyclic amines) is 1. The van der Waals surface area contributed by atoms with Crippen LogP contribution in [-0.2, 0) is 4.74 Å². The number of carbonyl (C=O) groups excluding carboxylic acids is 1. The van der Waals surface area contributed by atoms with Crippen molar-refractivity contribution in [2.24, 2.45) is 5.92 Å². The largest absolute Gasteiger partial charge is 0.444 e. The Morgan fingerprint density at radius 2 is 1.77 bits per heavy atom. The smallest absolute Gasteiger partial charge is 0.410 e. The van der Waals surface area contributed by atoms with Crippen LogP contribution in [0.2, 0.25) is 0 Å². The standard InChI is InChI=1S/C25H29N3O3/c1-25(2,3)31-24(30)28-15-20(17-9-5-4-6-10-17)21(16-28)23(29)27-22-13-18-11-7-8-12-19(18)14-26-22/h4-14,20-21,23,29H,15-16H2,1-3H3,(H,26,27)/t20-,21+,23?/m0/s1. The van der Waals surface area contributed by atoms with Gasteiger partial charge in [0.2, 0.25) is 0 Å². The van der Waals surface area contributed by atoms with Gasteiger partial charge < -0.3 is 20.1 Å². The van der Waals surface area contributed by atoms with E-state index in [4.69, 9.17) is 4.74 Å². The maximum absolute atomic E-state index is 12.7. The molecule has 0 bridgehead atoms. The minimum Gasteiger partial charge on any atom is -0.444 e. The predicted molar refractivity (Wildman–Crippen MR) is 122 cm³/mol. The molecule has 1 aliphatic rings. The molecular weight excluding hydrogens is 390 g/mol. The minimum atomic E-state index is -0.869. The number of nitrogens with zero attached hydrogens (tertiary/aromatic N) is 2. The first-order valence-electron chi connectivity index (χ1n) is 10.6. The first kappa shape index (κ1) is 21.1. The van der Waals surface area contributed by atoms with Crippen LogP contribution >= 0.6 is 0 Å². The fraction of sp³-hybridized carbons (Fsp3) is 0.360. The van der Waals surface area contributed by atoms with Crippen molar-refractivity contribution in [3.63, 3.8) is 0 Å². The summed E-state index contributed by atoms with van der Waals surface area (Å²) in [5.74, 6) is 0.383. The summed E-state index contributed by atoms with van der Waals surface area (Å²) < 4.78 is 5.57. The SMILES string of the molecule is CC(C)(C)OC(=O)N1C[C@@H](c2ccccc2)[C@H](C(O)Nc2cc3ccccc3cn2)C1. The van der Waals surface area contributed by atoms with Gasteiger partial charge in [-0.15, -0.1) is 0 Å². The molecule has 1 unspecified atom stereocenters. The number of aliphatic hydroxyl groups excluding tert-OH is 1. The molecule has 4 rings (SSSR count). The zero-order chi connectivity index (χ0) is 22.0. The van der Waals surface area contributed by atoms with E-state index in [1.54, 1.807) is 11.1 Å². The Morgan fingerprint density at radius 1 is 1.10 bits per heavy atom. The molecule has 0 aliphatic carbocycles. The summed E-state index contributed by atoms with van der Waals surface area (Å²) in [6, 6.07) is 19.9. The van der Waals surface area contributed by atoms with Gasteiger partial charge >= 0.3 is 6.09 Å². The maximum Gasteiger partial charge on any atom is 0.410 e. The number of fused-ring (bicyclic) bond motifs is 1. The normalized spacial score (nSPS) is 19.9. The Bertz CT molecular complexity index is 1050. The number of benzene rings is 2. The number of aliphatic hydroxyl groups is 1. The number of aromatic nitrogens is 1. The van der Waals surface area contributed by atoms with Crippen molar-refractivity contribution < 1.29 is 14.6 Å². The zero-order valence-corrected chi connectivity index (χ0v) is 18.2. The van der Waals surface area contributed by atoms with Crippen LogP contribution in [0.4, 0.5) is 10.6 Å². The molecular formula is C25H29N3O3. The van der Waals surface area contributed by atoms with Gasteiger partial charge in [-0.3, -0.25) is 0 Å². The second kappa shape index (κ2) is 8.55. The van der Waals surface area contributed by atoms with Crippen molar-refractivity contribution in [2.75, 3.05) is 18.4 Å². The molecule has 3 atom stereocenters. The van der Waals surface area contributed by atoms with E-state index in [1.165, 1.54) is 0 Å². The van der Waals surface area contributed by atoms with Gasteiger partial charge in [-0.1, -0.05) is 54.6 Å². The van der Waals surface area contributed by atoms with Crippen LogP contribution in [0.5, 0.6) is 0 Å². The van der Waals surface area contributed by atoms with Gasteiger partial charge in [0.05, 0.1) is 0 Å². The molecule has 0 radical (unpaired) electrons. The summed E-state index contributed by atoms with van der Waals surface area (Å²) in [7, 11) is 0. The zero-order valence-electron chi connectivity index (χ0n) is 18.2. The molecule has 3 aromatic rings. The third kappa shape index (κ3) is 4.97. The molecule has 6 heteroatoms. The highest BCUT2D eigenvalue weighted by molar-refractivity contribution is 5.83. The molecule has 1 aliphatic heterocycles. The van der Waals surface area contributed by atoms with Gasteiger partial charge in [0, 0.05) is 36.5 Å². The van der Waals surface area contributed by atoms with Gasteiger partial charge in [0.1, 0.15) is 17.6 Å². The molecule has 1 amide bonds. The molecule has 31 heavy (non-hydrogen) atoms. The van der Waals surface area contributed by atoms with Gasteiger partial charge in [-0.25, -0.2) is 9.78 Å². The summed E-state index contributed by atoms with van der Waals surface area (Å²) in [5, 5.41) is 16.4. The lowest BCUT2D eigenvalue weighted by atomic mass is 9.87. The Balaban J connectivity index is 1.55. The molecule has 162 valence electrons. The lowest BCUT2D eigenvalue weighted by Crippen LogP contribution is -2.37. The summed E-state index contributed by atoms with van der Waals surface area (Å²) in [6.07, 6.45) is 0.569. The maximum atomic E-state index is 12.7. The Labute approximate surface area is 182 Å². The Hall–Kier alpha value is -3.12. The van der Waals surface area contributed by atoms with Crippen molar-refractivity contribution in [2.45, 2.75) is 38.5 Å². The number of hydrogen-bond donors (Lipinski definition) is 2. The second-order valence-electron chi connectivity index (χ2n) is 9.07. The number of carbonyl (C=O) groups is 1. The van der Waals surface area contributed by atoms with Crippen LogP contribution in [-0.4, -0.2) is 46.0 Å². The van der Waals surface area contributed by atoms with Gasteiger partial charge in [0.15, 0.2) is 0 Å². The second-order valence-corrected chi connectivity index (χ2v) is 9.07. The van der Waals surface area contributed by atoms with Crippen LogP contribution < -0.4 is 5.32 Å². The van der Waals surface area contributed by atoms with E-state index in [0.717, 1.165) is 16.3 Å². The van der Waals surface area contributed by atoms with Gasteiger partial charge in [0.25, 0.3) is 0 Å². The lowest BCUT2D eigenvalue weighted by molar-refractivity contribution is 0.0274. The molecule has 2 N–H and O–H groups in total. The van der Waals surface area contributed by atoms with Crippen LogP contribution in [0.15, 0.2) is 66.9 Å². The summed E-state index contributed by atoms with van der Waals surface area (Å²) in [5.41, 5.74) is 0.523. The van der Waals surface area contributed by atoms with Crippen molar-refractivity contribution in [3.05, 3.63) is 72.4 Å². The van der Waals surface area contributed by atoms with E-state index in [1.807, 2.05) is 81.4 Å². The van der Waals surface area contributed by atoms with Gasteiger partial charge in [-0.05, 0) is 37.8 Å². The summed E-state index contributed by atoms with van der Waals surface area (Å²) in [6.45, 7) is 6.46. The van der Waals surface area contributed by atoms with Gasteiger partial charge in [-0.2, -0.15) is 0 Å². The molecule has 1 fully saturated rings. The predicted octanol–water partition coefficient (Wildman–Crippen LogP) is 4.62. The van der Waals surface area contributed by atoms with E-state index in [-0.39, 0.29) is 17.9 Å². The number of rotatable bonds is 4. The van der Waals surface area contributed by atoms with Crippen molar-refractivity contribution >= 4 is 22.7 Å². The number of amides is 1. The molecule has 6 nitrogen and oxygen atoms in total. The van der Waals surface area contributed by atoms with Crippen molar-refractivity contribution in [1.82, 2.24) is 9.88 Å². The molecule has 1 saturated heterocycles. The summed E-state index contributed by atoms with van der Waals surface area (Å²) in [4.78, 5) is 18.8. The average molecular weight is 420 g/mol. The number of pyridine rings is 1.